The Hall–Kier alpha value is -2.57. The van der Waals surface area contributed by atoms with Crippen molar-refractivity contribution in [2.45, 2.75) is 4.34 Å². The first kappa shape index (κ1) is 16.9. The van der Waals surface area contributed by atoms with E-state index in [1.165, 1.54) is 4.70 Å². The van der Waals surface area contributed by atoms with Crippen molar-refractivity contribution in [3.63, 3.8) is 0 Å². The third-order valence-electron chi connectivity index (χ3n) is 3.89. The molecular weight excluding hydrogens is 362 g/mol. The summed E-state index contributed by atoms with van der Waals surface area (Å²) in [5.74, 6) is 0.783. The highest BCUT2D eigenvalue weighted by atomic mass is 32.2. The molecule has 0 aliphatic carbocycles. The van der Waals surface area contributed by atoms with Gasteiger partial charge in [0.15, 0.2) is 4.34 Å². The fraction of sp³-hybridized carbons (Fsp3) is 0.100. The van der Waals surface area contributed by atoms with E-state index in [0.717, 1.165) is 32.1 Å². The van der Waals surface area contributed by atoms with E-state index in [9.17, 15) is 4.79 Å². The highest BCUT2D eigenvalue weighted by Crippen LogP contribution is 2.28. The third kappa shape index (κ3) is 3.98. The van der Waals surface area contributed by atoms with Gasteiger partial charge >= 0.3 is 6.03 Å². The molecule has 4 nitrogen and oxygen atoms in total. The molecule has 0 atom stereocenters. The van der Waals surface area contributed by atoms with Crippen LogP contribution in [-0.2, 0) is 0 Å². The molecule has 0 saturated carbocycles. The molecule has 3 aromatic carbocycles. The number of hydrogen-bond donors (Lipinski definition) is 2. The summed E-state index contributed by atoms with van der Waals surface area (Å²) < 4.78 is 2.22. The number of para-hydroxylation sites is 1. The van der Waals surface area contributed by atoms with Crippen molar-refractivity contribution in [1.29, 1.82) is 0 Å². The van der Waals surface area contributed by atoms with Crippen molar-refractivity contribution in [1.82, 2.24) is 10.3 Å². The maximum absolute atomic E-state index is 12.1. The summed E-state index contributed by atoms with van der Waals surface area (Å²) in [5, 5.41) is 8.04. The third-order valence-corrected chi connectivity index (χ3v) is 6.08. The Balaban J connectivity index is 1.26. The van der Waals surface area contributed by atoms with Gasteiger partial charge in [0, 0.05) is 18.0 Å². The Kier molecular flexibility index (Phi) is 5.04. The lowest BCUT2D eigenvalue weighted by Crippen LogP contribution is -2.30. The van der Waals surface area contributed by atoms with Gasteiger partial charge < -0.3 is 10.6 Å². The molecule has 4 rings (SSSR count). The van der Waals surface area contributed by atoms with Crippen LogP contribution in [0.1, 0.15) is 0 Å². The topological polar surface area (TPSA) is 54.0 Å². The minimum Gasteiger partial charge on any atom is -0.337 e. The summed E-state index contributed by atoms with van der Waals surface area (Å²) in [6.45, 7) is 0.583. The first-order valence-corrected chi connectivity index (χ1v) is 10.1. The highest BCUT2D eigenvalue weighted by Gasteiger charge is 2.05. The summed E-state index contributed by atoms with van der Waals surface area (Å²) in [7, 11) is 0. The average molecular weight is 380 g/mol. The van der Waals surface area contributed by atoms with Gasteiger partial charge in [-0.05, 0) is 35.0 Å². The molecule has 0 aliphatic heterocycles. The molecular formula is C20H17N3OS2. The Morgan fingerprint density at radius 2 is 1.81 bits per heavy atom. The monoisotopic (exact) mass is 379 g/mol. The zero-order valence-corrected chi connectivity index (χ0v) is 15.6. The Labute approximate surface area is 159 Å². The number of amides is 2. The van der Waals surface area contributed by atoms with Crippen molar-refractivity contribution in [2.24, 2.45) is 0 Å². The van der Waals surface area contributed by atoms with E-state index in [-0.39, 0.29) is 6.03 Å². The van der Waals surface area contributed by atoms with Crippen LogP contribution in [0, 0.1) is 0 Å². The lowest BCUT2D eigenvalue weighted by molar-refractivity contribution is 0.252. The maximum Gasteiger partial charge on any atom is 0.319 e. The maximum atomic E-state index is 12.1. The van der Waals surface area contributed by atoms with Gasteiger partial charge in [0.25, 0.3) is 0 Å². The predicted molar refractivity (Wildman–Crippen MR) is 111 cm³/mol. The summed E-state index contributed by atoms with van der Waals surface area (Å²) in [6, 6.07) is 21.9. The van der Waals surface area contributed by atoms with Crippen molar-refractivity contribution in [3.8, 4) is 0 Å². The lowest BCUT2D eigenvalue weighted by Gasteiger charge is -2.08. The van der Waals surface area contributed by atoms with Gasteiger partial charge in [-0.1, -0.05) is 54.2 Å². The van der Waals surface area contributed by atoms with Crippen molar-refractivity contribution >= 4 is 55.8 Å². The zero-order valence-electron chi connectivity index (χ0n) is 13.9. The van der Waals surface area contributed by atoms with E-state index in [2.05, 4.69) is 27.8 Å². The normalized spacial score (nSPS) is 10.9. The summed E-state index contributed by atoms with van der Waals surface area (Å²) in [5.41, 5.74) is 1.82. The van der Waals surface area contributed by atoms with Crippen molar-refractivity contribution in [3.05, 3.63) is 66.7 Å². The minimum absolute atomic E-state index is 0.190. The molecule has 2 N–H and O–H groups in total. The Morgan fingerprint density at radius 1 is 1.00 bits per heavy atom. The van der Waals surface area contributed by atoms with Gasteiger partial charge in [0.05, 0.1) is 10.2 Å². The quantitative estimate of drug-likeness (QED) is 0.362. The number of nitrogens with one attached hydrogen (secondary N) is 2. The van der Waals surface area contributed by atoms with E-state index in [0.29, 0.717) is 6.54 Å². The fourth-order valence-electron chi connectivity index (χ4n) is 2.66. The summed E-state index contributed by atoms with van der Waals surface area (Å²) >= 11 is 3.34. The number of thiazole rings is 1. The molecule has 26 heavy (non-hydrogen) atoms. The zero-order chi connectivity index (χ0) is 17.8. The second-order valence-corrected chi connectivity index (χ2v) is 8.11. The largest absolute Gasteiger partial charge is 0.337 e. The van der Waals surface area contributed by atoms with E-state index < -0.39 is 0 Å². The van der Waals surface area contributed by atoms with E-state index in [4.69, 9.17) is 0 Å². The SMILES string of the molecule is O=C(NCCSc1nc2ccccc2s1)Nc1ccc2ccccc2c1. The number of anilines is 1. The van der Waals surface area contributed by atoms with Gasteiger partial charge in [-0.2, -0.15) is 0 Å². The van der Waals surface area contributed by atoms with Gasteiger partial charge in [-0.25, -0.2) is 9.78 Å². The molecule has 130 valence electrons. The van der Waals surface area contributed by atoms with Gasteiger partial charge in [0.1, 0.15) is 0 Å². The van der Waals surface area contributed by atoms with Crippen LogP contribution in [0.15, 0.2) is 71.1 Å². The molecule has 1 heterocycles. The fourth-order valence-corrected chi connectivity index (χ4v) is 4.65. The standard InChI is InChI=1S/C20H17N3OS2/c24-19(22-16-10-9-14-5-1-2-6-15(14)13-16)21-11-12-25-20-23-17-7-3-4-8-18(17)26-20/h1-10,13H,11-12H2,(H2,21,22,24). The average Bonchev–Trinajstić information content (AvgIpc) is 3.08. The molecule has 0 fully saturated rings. The van der Waals surface area contributed by atoms with Crippen LogP contribution in [0.3, 0.4) is 0 Å². The number of benzene rings is 3. The van der Waals surface area contributed by atoms with Crippen LogP contribution in [-0.4, -0.2) is 23.3 Å². The molecule has 4 aromatic rings. The predicted octanol–water partition coefficient (Wildman–Crippen LogP) is 5.36. The molecule has 0 bridgehead atoms. The molecule has 0 unspecified atom stereocenters. The Bertz CT molecular complexity index is 1030. The highest BCUT2D eigenvalue weighted by molar-refractivity contribution is 8.01. The number of rotatable bonds is 5. The van der Waals surface area contributed by atoms with Crippen LogP contribution >= 0.6 is 23.1 Å². The smallest absolute Gasteiger partial charge is 0.319 e. The number of carbonyl (C=O) groups is 1. The Morgan fingerprint density at radius 3 is 2.69 bits per heavy atom. The van der Waals surface area contributed by atoms with E-state index in [1.54, 1.807) is 23.1 Å². The first-order valence-electron chi connectivity index (χ1n) is 8.30. The number of aromatic nitrogens is 1. The molecule has 0 radical (unpaired) electrons. The molecule has 6 heteroatoms. The molecule has 0 aliphatic rings. The number of nitrogens with zero attached hydrogens (tertiary/aromatic N) is 1. The van der Waals surface area contributed by atoms with E-state index >= 15 is 0 Å². The van der Waals surface area contributed by atoms with Crippen LogP contribution in [0.25, 0.3) is 21.0 Å². The first-order chi connectivity index (χ1) is 12.8. The van der Waals surface area contributed by atoms with Crippen molar-refractivity contribution < 1.29 is 4.79 Å². The summed E-state index contributed by atoms with van der Waals surface area (Å²) in [6.07, 6.45) is 0. The van der Waals surface area contributed by atoms with Crippen LogP contribution in [0.5, 0.6) is 0 Å². The van der Waals surface area contributed by atoms with Crippen molar-refractivity contribution in [2.75, 3.05) is 17.6 Å². The molecule has 1 aromatic heterocycles. The molecule has 0 saturated heterocycles. The van der Waals surface area contributed by atoms with Gasteiger partial charge in [-0.15, -0.1) is 11.3 Å². The number of carbonyl (C=O) groups excluding carboxylic acids is 1. The van der Waals surface area contributed by atoms with Crippen LogP contribution < -0.4 is 10.6 Å². The van der Waals surface area contributed by atoms with E-state index in [1.807, 2.05) is 54.6 Å². The van der Waals surface area contributed by atoms with Crippen LogP contribution in [0.4, 0.5) is 10.5 Å². The van der Waals surface area contributed by atoms with Gasteiger partial charge in [-0.3, -0.25) is 0 Å². The molecule has 2 amide bonds. The minimum atomic E-state index is -0.190. The summed E-state index contributed by atoms with van der Waals surface area (Å²) in [4.78, 5) is 16.6. The second kappa shape index (κ2) is 7.76. The second-order valence-electron chi connectivity index (χ2n) is 5.74. The molecule has 0 spiro atoms. The number of thioether (sulfide) groups is 1. The lowest BCUT2D eigenvalue weighted by atomic mass is 10.1. The van der Waals surface area contributed by atoms with Crippen LogP contribution in [0.2, 0.25) is 0 Å². The van der Waals surface area contributed by atoms with Gasteiger partial charge in [0.2, 0.25) is 0 Å². The number of urea groups is 1. The number of hydrogen-bond acceptors (Lipinski definition) is 4. The number of fused-ring (bicyclic) bond motifs is 2.